The summed E-state index contributed by atoms with van der Waals surface area (Å²) in [4.78, 5) is 0. The van der Waals surface area contributed by atoms with Gasteiger partial charge in [-0.15, -0.1) is 11.3 Å². The lowest BCUT2D eigenvalue weighted by atomic mass is 10.0. The molecule has 2 heteroatoms. The summed E-state index contributed by atoms with van der Waals surface area (Å²) < 4.78 is 4.96. The minimum Gasteiger partial charge on any atom is -0.308 e. The molecule has 0 radical (unpaired) electrons. The summed E-state index contributed by atoms with van der Waals surface area (Å²) in [5.41, 5.74) is 6.96. The van der Waals surface area contributed by atoms with Gasteiger partial charge in [0, 0.05) is 32.1 Å². The van der Waals surface area contributed by atoms with E-state index >= 15 is 0 Å². The number of rotatable bonds is 4. The second-order valence-electron chi connectivity index (χ2n) is 9.06. The van der Waals surface area contributed by atoms with E-state index in [9.17, 15) is 0 Å². The molecule has 0 atom stereocenters. The van der Waals surface area contributed by atoms with Crippen molar-refractivity contribution in [2.75, 3.05) is 0 Å². The van der Waals surface area contributed by atoms with Crippen molar-refractivity contribution in [3.63, 3.8) is 0 Å². The standard InChI is InChI=1S/C34H23NS/c1-3-26-28-19-20-29-32-27-13-9-8-12-24(27)16-21-31(32)36-34(29)33(28)35(30(26)4-2)25-17-14-23(15-18-25)22-10-6-5-7-11-22/h3-21H,1-2H2. The van der Waals surface area contributed by atoms with E-state index in [1.54, 1.807) is 0 Å². The van der Waals surface area contributed by atoms with E-state index < -0.39 is 0 Å². The Bertz CT molecular complexity index is 1950. The molecule has 2 heterocycles. The number of hydrogen-bond donors (Lipinski definition) is 0. The fraction of sp³-hybridized carbons (Fsp3) is 0. The van der Waals surface area contributed by atoms with Gasteiger partial charge in [0.05, 0.1) is 15.9 Å². The maximum atomic E-state index is 4.18. The summed E-state index contributed by atoms with van der Waals surface area (Å²) in [6.45, 7) is 8.34. The molecule has 2 aromatic heterocycles. The van der Waals surface area contributed by atoms with Crippen LogP contribution in [0.3, 0.4) is 0 Å². The fourth-order valence-corrected chi connectivity index (χ4v) is 6.79. The van der Waals surface area contributed by atoms with Crippen molar-refractivity contribution >= 4 is 65.3 Å². The first kappa shape index (κ1) is 20.9. The fourth-order valence-electron chi connectivity index (χ4n) is 5.53. The molecular weight excluding hydrogens is 454 g/mol. The van der Waals surface area contributed by atoms with Crippen molar-refractivity contribution in [2.45, 2.75) is 0 Å². The summed E-state index contributed by atoms with van der Waals surface area (Å²) >= 11 is 1.87. The number of thiophene rings is 1. The van der Waals surface area contributed by atoms with E-state index in [1.165, 1.54) is 53.0 Å². The van der Waals surface area contributed by atoms with Crippen LogP contribution >= 0.6 is 11.3 Å². The van der Waals surface area contributed by atoms with Gasteiger partial charge >= 0.3 is 0 Å². The van der Waals surface area contributed by atoms with Crippen LogP contribution in [0.5, 0.6) is 0 Å². The van der Waals surface area contributed by atoms with E-state index in [2.05, 4.69) is 121 Å². The Morgan fingerprint density at radius 3 is 2.11 bits per heavy atom. The van der Waals surface area contributed by atoms with Crippen LogP contribution in [-0.4, -0.2) is 4.57 Å². The van der Waals surface area contributed by atoms with E-state index in [-0.39, 0.29) is 0 Å². The van der Waals surface area contributed by atoms with Crippen LogP contribution in [0, 0.1) is 0 Å². The zero-order chi connectivity index (χ0) is 24.2. The van der Waals surface area contributed by atoms with Crippen LogP contribution < -0.4 is 0 Å². The van der Waals surface area contributed by atoms with Gasteiger partial charge < -0.3 is 4.57 Å². The molecule has 36 heavy (non-hydrogen) atoms. The van der Waals surface area contributed by atoms with Crippen molar-refractivity contribution < 1.29 is 0 Å². The molecule has 0 spiro atoms. The predicted molar refractivity (Wildman–Crippen MR) is 159 cm³/mol. The Kier molecular flexibility index (Phi) is 4.70. The predicted octanol–water partition coefficient (Wildman–Crippen LogP) is 10.1. The summed E-state index contributed by atoms with van der Waals surface area (Å²) in [6.07, 6.45) is 3.92. The molecule has 0 N–H and O–H groups in total. The average molecular weight is 478 g/mol. The van der Waals surface area contributed by atoms with Crippen molar-refractivity contribution in [1.29, 1.82) is 0 Å². The average Bonchev–Trinajstić information content (AvgIpc) is 3.49. The third-order valence-electron chi connectivity index (χ3n) is 7.16. The van der Waals surface area contributed by atoms with Gasteiger partial charge in [-0.05, 0) is 46.2 Å². The molecule has 0 unspecified atom stereocenters. The van der Waals surface area contributed by atoms with E-state index in [0.29, 0.717) is 0 Å². The van der Waals surface area contributed by atoms with Gasteiger partial charge in [-0.25, -0.2) is 0 Å². The van der Waals surface area contributed by atoms with Crippen molar-refractivity contribution in [3.8, 4) is 16.8 Å². The lowest BCUT2D eigenvalue weighted by Gasteiger charge is -2.11. The van der Waals surface area contributed by atoms with Crippen LogP contribution in [0.25, 0.3) is 70.8 Å². The van der Waals surface area contributed by atoms with E-state index in [4.69, 9.17) is 0 Å². The van der Waals surface area contributed by atoms with Gasteiger partial charge in [0.1, 0.15) is 0 Å². The minimum atomic E-state index is 1.07. The van der Waals surface area contributed by atoms with Gasteiger partial charge in [0.25, 0.3) is 0 Å². The third kappa shape index (κ3) is 2.95. The summed E-state index contributed by atoms with van der Waals surface area (Å²) in [7, 11) is 0. The Hall–Kier alpha value is -4.40. The highest BCUT2D eigenvalue weighted by Crippen LogP contribution is 2.44. The number of nitrogens with zero attached hydrogens (tertiary/aromatic N) is 1. The molecule has 0 amide bonds. The zero-order valence-electron chi connectivity index (χ0n) is 19.7. The van der Waals surface area contributed by atoms with Crippen molar-refractivity contribution in [3.05, 3.63) is 128 Å². The Morgan fingerprint density at radius 1 is 0.611 bits per heavy atom. The molecular formula is C34H23NS. The van der Waals surface area contributed by atoms with Gasteiger partial charge in [-0.1, -0.05) is 104 Å². The molecule has 7 rings (SSSR count). The van der Waals surface area contributed by atoms with E-state index in [1.807, 2.05) is 23.5 Å². The largest absolute Gasteiger partial charge is 0.308 e. The second-order valence-corrected chi connectivity index (χ2v) is 10.1. The summed E-state index contributed by atoms with van der Waals surface area (Å²) in [5.74, 6) is 0. The maximum Gasteiger partial charge on any atom is 0.0719 e. The lowest BCUT2D eigenvalue weighted by Crippen LogP contribution is -1.97. The molecule has 170 valence electrons. The molecule has 0 bridgehead atoms. The molecule has 0 saturated heterocycles. The van der Waals surface area contributed by atoms with Crippen LogP contribution in [0.15, 0.2) is 116 Å². The quantitative estimate of drug-likeness (QED) is 0.238. The molecule has 7 aromatic rings. The highest BCUT2D eigenvalue weighted by molar-refractivity contribution is 7.26. The molecule has 0 saturated carbocycles. The van der Waals surface area contributed by atoms with Gasteiger partial charge in [-0.2, -0.15) is 0 Å². The second kappa shape index (κ2) is 8.08. The number of aromatic nitrogens is 1. The molecule has 5 aromatic carbocycles. The zero-order valence-corrected chi connectivity index (χ0v) is 20.6. The highest BCUT2D eigenvalue weighted by atomic mass is 32.1. The molecule has 0 fully saturated rings. The van der Waals surface area contributed by atoms with Crippen LogP contribution in [0.2, 0.25) is 0 Å². The van der Waals surface area contributed by atoms with Crippen LogP contribution in [0.4, 0.5) is 0 Å². The summed E-state index contributed by atoms with van der Waals surface area (Å²) in [6, 6.07) is 37.0. The summed E-state index contributed by atoms with van der Waals surface area (Å²) in [5, 5.41) is 6.41. The van der Waals surface area contributed by atoms with Crippen molar-refractivity contribution in [2.24, 2.45) is 0 Å². The first-order valence-corrected chi connectivity index (χ1v) is 12.9. The van der Waals surface area contributed by atoms with Gasteiger partial charge in [-0.3, -0.25) is 0 Å². The topological polar surface area (TPSA) is 4.93 Å². The number of hydrogen-bond acceptors (Lipinski definition) is 1. The maximum absolute atomic E-state index is 4.18. The normalized spacial score (nSPS) is 11.6. The molecule has 0 aliphatic heterocycles. The minimum absolute atomic E-state index is 1.07. The van der Waals surface area contributed by atoms with Gasteiger partial charge in [0.15, 0.2) is 0 Å². The lowest BCUT2D eigenvalue weighted by molar-refractivity contribution is 1.11. The Labute approximate surface area is 213 Å². The number of benzene rings is 5. The van der Waals surface area contributed by atoms with Crippen molar-refractivity contribution in [1.82, 2.24) is 4.57 Å². The SMILES string of the molecule is C=Cc1c(C=C)n(-c2ccc(-c3ccccc3)cc2)c2c1ccc1c2sc2ccc3ccccc3c21. The molecule has 0 aliphatic carbocycles. The Morgan fingerprint density at radius 2 is 1.33 bits per heavy atom. The third-order valence-corrected chi connectivity index (χ3v) is 8.34. The Balaban J connectivity index is 1.57. The smallest absolute Gasteiger partial charge is 0.0719 e. The monoisotopic (exact) mass is 477 g/mol. The number of fused-ring (bicyclic) bond motifs is 7. The van der Waals surface area contributed by atoms with Crippen LogP contribution in [0.1, 0.15) is 11.3 Å². The molecule has 0 aliphatic rings. The van der Waals surface area contributed by atoms with Crippen LogP contribution in [-0.2, 0) is 0 Å². The van der Waals surface area contributed by atoms with E-state index in [0.717, 1.165) is 16.9 Å². The first-order valence-electron chi connectivity index (χ1n) is 12.1. The first-order chi connectivity index (χ1) is 17.8. The van der Waals surface area contributed by atoms with Gasteiger partial charge in [0.2, 0.25) is 0 Å². The highest BCUT2D eigenvalue weighted by Gasteiger charge is 2.20. The molecule has 1 nitrogen and oxygen atoms in total.